The molecule has 0 aliphatic carbocycles. The van der Waals surface area contributed by atoms with E-state index in [0.29, 0.717) is 5.57 Å². The van der Waals surface area contributed by atoms with E-state index in [1.807, 2.05) is 14.1 Å². The van der Waals surface area contributed by atoms with Crippen LogP contribution in [0.5, 0.6) is 0 Å². The molecule has 0 heterocycles. The lowest BCUT2D eigenvalue weighted by Gasteiger charge is -1.96. The first kappa shape index (κ1) is 13.4. The molecule has 0 aromatic heterocycles. The van der Waals surface area contributed by atoms with Crippen molar-refractivity contribution < 1.29 is 14.3 Å². The predicted molar refractivity (Wildman–Crippen MR) is 46.8 cm³/mol. The number of hydrogen-bond acceptors (Lipinski definition) is 4. The molecule has 0 aromatic carbocycles. The standard InChI is InChI=1S/C6H8O3.C2H7N/c1-5(6(2)8)3-9-4-7;1-3-2/h4H,1,3H2,2H3;3H,1-2H3. The number of rotatable bonds is 4. The van der Waals surface area contributed by atoms with Crippen molar-refractivity contribution in [2.24, 2.45) is 0 Å². The van der Waals surface area contributed by atoms with E-state index in [2.05, 4.69) is 16.6 Å². The van der Waals surface area contributed by atoms with E-state index in [1.165, 1.54) is 6.92 Å². The van der Waals surface area contributed by atoms with Gasteiger partial charge in [-0.05, 0) is 21.0 Å². The second kappa shape index (κ2) is 9.84. The molecule has 0 radical (unpaired) electrons. The van der Waals surface area contributed by atoms with Gasteiger partial charge >= 0.3 is 0 Å². The summed E-state index contributed by atoms with van der Waals surface area (Å²) in [5.74, 6) is -0.156. The first-order valence-corrected chi connectivity index (χ1v) is 3.42. The highest BCUT2D eigenvalue weighted by atomic mass is 16.5. The van der Waals surface area contributed by atoms with E-state index >= 15 is 0 Å². The van der Waals surface area contributed by atoms with Crippen molar-refractivity contribution in [1.29, 1.82) is 0 Å². The monoisotopic (exact) mass is 173 g/mol. The van der Waals surface area contributed by atoms with Crippen molar-refractivity contribution in [2.75, 3.05) is 20.7 Å². The van der Waals surface area contributed by atoms with Crippen LogP contribution in [-0.2, 0) is 14.3 Å². The Morgan fingerprint density at radius 1 is 1.58 bits per heavy atom. The summed E-state index contributed by atoms with van der Waals surface area (Å²) in [6.45, 7) is 5.01. The zero-order valence-corrected chi connectivity index (χ0v) is 7.72. The Hall–Kier alpha value is -1.16. The van der Waals surface area contributed by atoms with Crippen LogP contribution in [0.15, 0.2) is 12.2 Å². The molecule has 0 aromatic rings. The van der Waals surface area contributed by atoms with Crippen LogP contribution in [0.2, 0.25) is 0 Å². The highest BCUT2D eigenvalue weighted by Gasteiger charge is 1.97. The molecular weight excluding hydrogens is 158 g/mol. The molecule has 0 atom stereocenters. The van der Waals surface area contributed by atoms with Crippen molar-refractivity contribution in [1.82, 2.24) is 5.32 Å². The molecule has 0 rings (SSSR count). The average molecular weight is 173 g/mol. The molecule has 0 amide bonds. The van der Waals surface area contributed by atoms with E-state index in [4.69, 9.17) is 0 Å². The summed E-state index contributed by atoms with van der Waals surface area (Å²) in [6.07, 6.45) is 0. The number of ether oxygens (including phenoxy) is 1. The van der Waals surface area contributed by atoms with Gasteiger partial charge in [-0.3, -0.25) is 9.59 Å². The van der Waals surface area contributed by atoms with E-state index in [-0.39, 0.29) is 18.9 Å². The van der Waals surface area contributed by atoms with Gasteiger partial charge in [0.25, 0.3) is 6.47 Å². The Labute approximate surface area is 72.6 Å². The highest BCUT2D eigenvalue weighted by Crippen LogP contribution is 1.90. The third-order valence-corrected chi connectivity index (χ3v) is 0.823. The first-order valence-electron chi connectivity index (χ1n) is 3.42. The molecule has 1 N–H and O–H groups in total. The Balaban J connectivity index is 0. The SMILES string of the molecule is C=C(COC=O)C(C)=O.CNC. The lowest BCUT2D eigenvalue weighted by Crippen LogP contribution is -2.02. The quantitative estimate of drug-likeness (QED) is 0.485. The van der Waals surface area contributed by atoms with Gasteiger partial charge in [0.1, 0.15) is 6.61 Å². The second-order valence-electron chi connectivity index (χ2n) is 2.07. The lowest BCUT2D eigenvalue weighted by atomic mass is 10.2. The van der Waals surface area contributed by atoms with Crippen LogP contribution in [0.4, 0.5) is 0 Å². The molecule has 0 saturated heterocycles. The molecule has 0 bridgehead atoms. The first-order chi connectivity index (χ1) is 5.59. The third-order valence-electron chi connectivity index (χ3n) is 0.823. The molecule has 0 fully saturated rings. The molecule has 0 spiro atoms. The fourth-order valence-electron chi connectivity index (χ4n) is 0.236. The zero-order chi connectivity index (χ0) is 9.98. The van der Waals surface area contributed by atoms with Crippen LogP contribution in [0.1, 0.15) is 6.92 Å². The molecule has 0 aliphatic rings. The van der Waals surface area contributed by atoms with Crippen molar-refractivity contribution >= 4 is 12.3 Å². The number of Topliss-reactive ketones (excluding diaryl/α,β-unsaturated/α-hetero) is 1. The number of nitrogens with one attached hydrogen (secondary N) is 1. The molecule has 12 heavy (non-hydrogen) atoms. The molecule has 0 unspecified atom stereocenters. The lowest BCUT2D eigenvalue weighted by molar-refractivity contribution is -0.128. The van der Waals surface area contributed by atoms with Gasteiger partial charge < -0.3 is 10.1 Å². The normalized spacial score (nSPS) is 7.58. The van der Waals surface area contributed by atoms with Crippen LogP contribution in [0.3, 0.4) is 0 Å². The van der Waals surface area contributed by atoms with Gasteiger partial charge in [0.2, 0.25) is 0 Å². The maximum Gasteiger partial charge on any atom is 0.293 e. The van der Waals surface area contributed by atoms with Gasteiger partial charge in [-0.2, -0.15) is 0 Å². The minimum atomic E-state index is -0.156. The zero-order valence-electron chi connectivity index (χ0n) is 7.72. The van der Waals surface area contributed by atoms with Gasteiger partial charge in [-0.25, -0.2) is 0 Å². The molecule has 4 nitrogen and oxygen atoms in total. The average Bonchev–Trinajstić information content (AvgIpc) is 2.01. The van der Waals surface area contributed by atoms with Crippen molar-refractivity contribution in [3.8, 4) is 0 Å². The minimum absolute atomic E-state index is 0.00116. The molecule has 0 saturated carbocycles. The Morgan fingerprint density at radius 2 is 2.00 bits per heavy atom. The second-order valence-corrected chi connectivity index (χ2v) is 2.07. The summed E-state index contributed by atoms with van der Waals surface area (Å²) in [5.41, 5.74) is 0.308. The minimum Gasteiger partial charge on any atom is -0.463 e. The van der Waals surface area contributed by atoms with Gasteiger partial charge in [0.15, 0.2) is 5.78 Å². The fourth-order valence-corrected chi connectivity index (χ4v) is 0.236. The van der Waals surface area contributed by atoms with Crippen LogP contribution in [-0.4, -0.2) is 33.0 Å². The summed E-state index contributed by atoms with van der Waals surface area (Å²) < 4.78 is 4.26. The van der Waals surface area contributed by atoms with Crippen LogP contribution in [0, 0.1) is 0 Å². The fraction of sp³-hybridized carbons (Fsp3) is 0.500. The maximum absolute atomic E-state index is 10.4. The van der Waals surface area contributed by atoms with Crippen molar-refractivity contribution in [2.45, 2.75) is 6.92 Å². The summed E-state index contributed by atoms with van der Waals surface area (Å²) in [7, 11) is 3.75. The van der Waals surface area contributed by atoms with Crippen LogP contribution in [0.25, 0.3) is 0 Å². The number of hydrogen-bond donors (Lipinski definition) is 1. The number of ketones is 1. The van der Waals surface area contributed by atoms with Gasteiger partial charge in [-0.1, -0.05) is 6.58 Å². The van der Waals surface area contributed by atoms with E-state index in [1.54, 1.807) is 0 Å². The third kappa shape index (κ3) is 11.6. The van der Waals surface area contributed by atoms with Crippen molar-refractivity contribution in [3.05, 3.63) is 12.2 Å². The van der Waals surface area contributed by atoms with Crippen molar-refractivity contribution in [3.63, 3.8) is 0 Å². The van der Waals surface area contributed by atoms with E-state index in [9.17, 15) is 9.59 Å². The van der Waals surface area contributed by atoms with Gasteiger partial charge in [-0.15, -0.1) is 0 Å². The van der Waals surface area contributed by atoms with Gasteiger partial charge in [0.05, 0.1) is 0 Å². The van der Waals surface area contributed by atoms with Crippen LogP contribution >= 0.6 is 0 Å². The predicted octanol–water partition coefficient (Wildman–Crippen LogP) is 0.140. The topological polar surface area (TPSA) is 55.4 Å². The largest absolute Gasteiger partial charge is 0.463 e. The maximum atomic E-state index is 10.4. The van der Waals surface area contributed by atoms with E-state index in [0.717, 1.165) is 0 Å². The molecule has 70 valence electrons. The summed E-state index contributed by atoms with van der Waals surface area (Å²) in [4.78, 5) is 19.9. The molecule has 4 heteroatoms. The summed E-state index contributed by atoms with van der Waals surface area (Å²) >= 11 is 0. The smallest absolute Gasteiger partial charge is 0.293 e. The van der Waals surface area contributed by atoms with Gasteiger partial charge in [0, 0.05) is 5.57 Å². The molecule has 0 aliphatic heterocycles. The summed E-state index contributed by atoms with van der Waals surface area (Å²) in [6, 6.07) is 0. The molecular formula is C8H15NO3. The number of carbonyl (C=O) groups is 2. The Kier molecular flexibility index (Phi) is 11.0. The summed E-state index contributed by atoms with van der Waals surface area (Å²) in [5, 5.41) is 2.75. The van der Waals surface area contributed by atoms with Crippen LogP contribution < -0.4 is 5.32 Å². The highest BCUT2D eigenvalue weighted by molar-refractivity contribution is 5.92. The Morgan fingerprint density at radius 3 is 2.25 bits per heavy atom. The number of carbonyl (C=O) groups excluding carboxylic acids is 2. The van der Waals surface area contributed by atoms with E-state index < -0.39 is 0 Å². The Bertz CT molecular complexity index is 154.